The summed E-state index contributed by atoms with van der Waals surface area (Å²) in [4.78, 5) is 10.4. The zero-order valence-electron chi connectivity index (χ0n) is 15.0. The molecule has 1 aliphatic rings. The first-order valence-corrected chi connectivity index (χ1v) is 9.76. The summed E-state index contributed by atoms with van der Waals surface area (Å²) in [6, 6.07) is 0. The smallest absolute Gasteiger partial charge is 0.303 e. The van der Waals surface area contributed by atoms with Gasteiger partial charge in [0.25, 0.3) is 0 Å². The van der Waals surface area contributed by atoms with Gasteiger partial charge in [0.05, 0.1) is 12.2 Å². The number of allylic oxidation sites excluding steroid dienone is 2. The quantitative estimate of drug-likeness (QED) is 0.219. The molecule has 0 aliphatic carbocycles. The molecule has 0 aromatic rings. The molecule has 0 aromatic heterocycles. The fourth-order valence-corrected chi connectivity index (χ4v) is 3.02. The van der Waals surface area contributed by atoms with Crippen LogP contribution in [0.1, 0.15) is 96.8 Å². The maximum atomic E-state index is 10.4. The summed E-state index contributed by atoms with van der Waals surface area (Å²) in [5.74, 6) is -0.672. The Morgan fingerprint density at radius 1 is 0.870 bits per heavy atom. The normalized spacial score (nSPS) is 20.2. The number of carboxylic acid groups (broad SMARTS) is 1. The highest BCUT2D eigenvalue weighted by molar-refractivity contribution is 5.66. The molecule has 0 radical (unpaired) electrons. The summed E-state index contributed by atoms with van der Waals surface area (Å²) in [5, 5.41) is 8.54. The number of epoxide rings is 1. The largest absolute Gasteiger partial charge is 0.481 e. The molecule has 1 rings (SSSR count). The van der Waals surface area contributed by atoms with Gasteiger partial charge in [-0.2, -0.15) is 0 Å². The molecule has 1 aliphatic heterocycles. The van der Waals surface area contributed by atoms with E-state index in [0.717, 1.165) is 25.7 Å². The van der Waals surface area contributed by atoms with Crippen molar-refractivity contribution in [2.75, 3.05) is 0 Å². The first-order valence-electron chi connectivity index (χ1n) is 9.76. The Morgan fingerprint density at radius 2 is 1.43 bits per heavy atom. The summed E-state index contributed by atoms with van der Waals surface area (Å²) in [5.41, 5.74) is 0. The van der Waals surface area contributed by atoms with E-state index >= 15 is 0 Å². The zero-order valence-corrected chi connectivity index (χ0v) is 15.0. The standard InChI is InChI=1S/C20H36O3/c1-2-3-12-15-18-19(23-18)16-13-10-8-6-4-5-7-9-11-14-17-20(21)22/h4,6,18-19H,2-3,5,7-17H2,1H3,(H,21,22)/b6-4-/t18-,19-/m0/s1. The maximum Gasteiger partial charge on any atom is 0.303 e. The van der Waals surface area contributed by atoms with Gasteiger partial charge in [0.1, 0.15) is 0 Å². The molecular formula is C20H36O3. The highest BCUT2D eigenvalue weighted by atomic mass is 16.6. The van der Waals surface area contributed by atoms with Crippen LogP contribution in [-0.2, 0) is 9.53 Å². The first kappa shape index (κ1) is 20.2. The molecule has 3 heteroatoms. The average molecular weight is 325 g/mol. The van der Waals surface area contributed by atoms with Gasteiger partial charge < -0.3 is 9.84 Å². The lowest BCUT2D eigenvalue weighted by molar-refractivity contribution is -0.137. The highest BCUT2D eigenvalue weighted by Gasteiger charge is 2.36. The Hall–Kier alpha value is -0.830. The van der Waals surface area contributed by atoms with Crippen LogP contribution in [-0.4, -0.2) is 23.3 Å². The summed E-state index contributed by atoms with van der Waals surface area (Å²) < 4.78 is 5.72. The second kappa shape index (κ2) is 13.6. The Balaban J connectivity index is 1.77. The molecular weight excluding hydrogens is 288 g/mol. The maximum absolute atomic E-state index is 10.4. The van der Waals surface area contributed by atoms with Crippen LogP contribution in [0.3, 0.4) is 0 Å². The predicted octanol–water partition coefficient (Wildman–Crippen LogP) is 5.88. The molecule has 1 fully saturated rings. The highest BCUT2D eigenvalue weighted by Crippen LogP contribution is 2.31. The van der Waals surface area contributed by atoms with E-state index in [2.05, 4.69) is 19.1 Å². The minimum atomic E-state index is -0.672. The van der Waals surface area contributed by atoms with Crippen molar-refractivity contribution < 1.29 is 14.6 Å². The van der Waals surface area contributed by atoms with E-state index in [1.165, 1.54) is 57.8 Å². The third-order valence-electron chi connectivity index (χ3n) is 4.57. The third-order valence-corrected chi connectivity index (χ3v) is 4.57. The number of hydrogen-bond donors (Lipinski definition) is 1. The molecule has 1 heterocycles. The number of carbonyl (C=O) groups is 1. The van der Waals surface area contributed by atoms with Crippen LogP contribution >= 0.6 is 0 Å². The zero-order chi connectivity index (χ0) is 16.8. The second-order valence-corrected chi connectivity index (χ2v) is 6.81. The fraction of sp³-hybridized carbons (Fsp3) is 0.850. The molecule has 23 heavy (non-hydrogen) atoms. The average Bonchev–Trinajstić information content (AvgIpc) is 3.27. The fourth-order valence-electron chi connectivity index (χ4n) is 3.02. The monoisotopic (exact) mass is 324 g/mol. The van der Waals surface area contributed by atoms with Crippen LogP contribution in [0.25, 0.3) is 0 Å². The topological polar surface area (TPSA) is 49.8 Å². The predicted molar refractivity (Wildman–Crippen MR) is 95.7 cm³/mol. The van der Waals surface area contributed by atoms with Gasteiger partial charge in [-0.3, -0.25) is 4.79 Å². The second-order valence-electron chi connectivity index (χ2n) is 6.81. The van der Waals surface area contributed by atoms with Crippen molar-refractivity contribution in [3.05, 3.63) is 12.2 Å². The molecule has 134 valence electrons. The SMILES string of the molecule is CCCCC[C@@H]1O[C@H]1CCCC/C=C\CCCCCCC(=O)O. The molecule has 0 unspecified atom stereocenters. The lowest BCUT2D eigenvalue weighted by Crippen LogP contribution is -1.94. The van der Waals surface area contributed by atoms with Gasteiger partial charge in [-0.1, -0.05) is 57.6 Å². The molecule has 1 saturated heterocycles. The van der Waals surface area contributed by atoms with Crippen LogP contribution in [0.5, 0.6) is 0 Å². The van der Waals surface area contributed by atoms with Gasteiger partial charge in [0.15, 0.2) is 0 Å². The van der Waals surface area contributed by atoms with Gasteiger partial charge in [0.2, 0.25) is 0 Å². The lowest BCUT2D eigenvalue weighted by atomic mass is 10.1. The molecule has 0 saturated carbocycles. The van der Waals surface area contributed by atoms with Crippen molar-refractivity contribution in [1.29, 1.82) is 0 Å². The van der Waals surface area contributed by atoms with Crippen LogP contribution in [0.15, 0.2) is 12.2 Å². The van der Waals surface area contributed by atoms with E-state index in [-0.39, 0.29) is 0 Å². The molecule has 0 bridgehead atoms. The van der Waals surface area contributed by atoms with Crippen molar-refractivity contribution in [3.8, 4) is 0 Å². The molecule has 1 N–H and O–H groups in total. The molecule has 2 atom stereocenters. The summed E-state index contributed by atoms with van der Waals surface area (Å²) in [6.07, 6.45) is 21.6. The van der Waals surface area contributed by atoms with Crippen molar-refractivity contribution in [1.82, 2.24) is 0 Å². The van der Waals surface area contributed by atoms with Gasteiger partial charge in [0, 0.05) is 6.42 Å². The van der Waals surface area contributed by atoms with E-state index in [0.29, 0.717) is 18.6 Å². The Kier molecular flexibility index (Phi) is 11.9. The van der Waals surface area contributed by atoms with Crippen LogP contribution in [0.2, 0.25) is 0 Å². The van der Waals surface area contributed by atoms with Crippen LogP contribution in [0.4, 0.5) is 0 Å². The van der Waals surface area contributed by atoms with Crippen LogP contribution < -0.4 is 0 Å². The van der Waals surface area contributed by atoms with Crippen molar-refractivity contribution in [3.63, 3.8) is 0 Å². The van der Waals surface area contributed by atoms with Gasteiger partial charge in [-0.05, 0) is 44.9 Å². The summed E-state index contributed by atoms with van der Waals surface area (Å²) >= 11 is 0. The minimum Gasteiger partial charge on any atom is -0.481 e. The van der Waals surface area contributed by atoms with E-state index in [1.54, 1.807) is 0 Å². The number of hydrogen-bond acceptors (Lipinski definition) is 2. The number of ether oxygens (including phenoxy) is 1. The van der Waals surface area contributed by atoms with E-state index < -0.39 is 5.97 Å². The van der Waals surface area contributed by atoms with Gasteiger partial charge in [-0.15, -0.1) is 0 Å². The van der Waals surface area contributed by atoms with E-state index in [1.807, 2.05) is 0 Å². The minimum absolute atomic E-state index is 0.319. The Labute approximate surface area is 142 Å². The van der Waals surface area contributed by atoms with Crippen molar-refractivity contribution >= 4 is 5.97 Å². The molecule has 0 spiro atoms. The number of rotatable bonds is 16. The van der Waals surface area contributed by atoms with Crippen LogP contribution in [0, 0.1) is 0 Å². The Bertz CT molecular complexity index is 325. The first-order chi connectivity index (χ1) is 11.2. The number of unbranched alkanes of at least 4 members (excludes halogenated alkanes) is 8. The molecule has 3 nitrogen and oxygen atoms in total. The van der Waals surface area contributed by atoms with Gasteiger partial charge in [-0.25, -0.2) is 0 Å². The Morgan fingerprint density at radius 3 is 2.04 bits per heavy atom. The lowest BCUT2D eigenvalue weighted by Gasteiger charge is -1.98. The van der Waals surface area contributed by atoms with Crippen molar-refractivity contribution in [2.24, 2.45) is 0 Å². The summed E-state index contributed by atoms with van der Waals surface area (Å²) in [6.45, 7) is 2.25. The van der Waals surface area contributed by atoms with Crippen molar-refractivity contribution in [2.45, 2.75) is 109 Å². The van der Waals surface area contributed by atoms with Gasteiger partial charge >= 0.3 is 5.97 Å². The molecule has 0 amide bonds. The number of carboxylic acids is 1. The molecule has 0 aromatic carbocycles. The van der Waals surface area contributed by atoms with E-state index in [9.17, 15) is 4.79 Å². The third kappa shape index (κ3) is 12.3. The van der Waals surface area contributed by atoms with E-state index in [4.69, 9.17) is 9.84 Å². The number of aliphatic carboxylic acids is 1. The summed E-state index contributed by atoms with van der Waals surface area (Å²) in [7, 11) is 0.